The zero-order valence-electron chi connectivity index (χ0n) is 21.3. The predicted octanol–water partition coefficient (Wildman–Crippen LogP) is 3.80. The van der Waals surface area contributed by atoms with E-state index in [0.717, 1.165) is 37.6 Å². The Morgan fingerprint density at radius 2 is 1.84 bits per heavy atom. The lowest BCUT2D eigenvalue weighted by Crippen LogP contribution is -2.28. The Labute approximate surface area is 221 Å². The summed E-state index contributed by atoms with van der Waals surface area (Å²) >= 11 is 0. The zero-order valence-corrected chi connectivity index (χ0v) is 22.1. The lowest BCUT2D eigenvalue weighted by atomic mass is 10.3. The molecule has 0 fully saturated rings. The van der Waals surface area contributed by atoms with Gasteiger partial charge in [0.2, 0.25) is 5.95 Å². The number of aromatic nitrogens is 3. The summed E-state index contributed by atoms with van der Waals surface area (Å²) in [6.07, 6.45) is 1.65. The maximum atomic E-state index is 12.8. The summed E-state index contributed by atoms with van der Waals surface area (Å²) in [4.78, 5) is 25.9. The molecule has 0 spiro atoms. The van der Waals surface area contributed by atoms with E-state index in [9.17, 15) is 13.2 Å². The predicted molar refractivity (Wildman–Crippen MR) is 147 cm³/mol. The summed E-state index contributed by atoms with van der Waals surface area (Å²) < 4.78 is 31.0. The van der Waals surface area contributed by atoms with Crippen molar-refractivity contribution in [1.29, 1.82) is 0 Å². The molecule has 2 aromatic carbocycles. The number of anilines is 2. The maximum Gasteiger partial charge on any atom is 0.339 e. The van der Waals surface area contributed by atoms with E-state index in [1.807, 2.05) is 6.07 Å². The first-order chi connectivity index (χ1) is 18.4. The van der Waals surface area contributed by atoms with E-state index in [1.54, 1.807) is 36.5 Å². The van der Waals surface area contributed by atoms with Crippen LogP contribution in [0.5, 0.6) is 5.75 Å². The summed E-state index contributed by atoms with van der Waals surface area (Å²) in [6.45, 7) is 8.13. The molecular formula is C26H31N7O4S. The van der Waals surface area contributed by atoms with Crippen LogP contribution in [-0.2, 0) is 16.7 Å². The molecule has 0 unspecified atom stereocenters. The van der Waals surface area contributed by atoms with Crippen molar-refractivity contribution >= 4 is 38.8 Å². The van der Waals surface area contributed by atoms with Crippen molar-refractivity contribution in [2.24, 2.45) is 0 Å². The van der Waals surface area contributed by atoms with Crippen LogP contribution in [0.25, 0.3) is 11.0 Å². The van der Waals surface area contributed by atoms with Crippen LogP contribution in [0.3, 0.4) is 0 Å². The number of pyridine rings is 1. The van der Waals surface area contributed by atoms with Gasteiger partial charge in [-0.05, 0) is 61.6 Å². The van der Waals surface area contributed by atoms with Gasteiger partial charge in [-0.1, -0.05) is 19.9 Å². The molecule has 0 bridgehead atoms. The molecular weight excluding hydrogens is 506 g/mol. The van der Waals surface area contributed by atoms with Crippen molar-refractivity contribution in [3.8, 4) is 5.75 Å². The fraction of sp³-hybridized carbons (Fsp3) is 0.269. The smallest absolute Gasteiger partial charge is 0.339 e. The maximum absolute atomic E-state index is 12.8. The number of hydrogen-bond donors (Lipinski definition) is 4. The molecule has 0 radical (unpaired) electrons. The quantitative estimate of drug-likeness (QED) is 0.200. The molecule has 4 N–H and O–H groups in total. The van der Waals surface area contributed by atoms with E-state index in [1.165, 1.54) is 24.3 Å². The van der Waals surface area contributed by atoms with Crippen LogP contribution >= 0.6 is 0 Å². The largest absolute Gasteiger partial charge is 0.384 e. The van der Waals surface area contributed by atoms with Gasteiger partial charge in [0.15, 0.2) is 0 Å². The monoisotopic (exact) mass is 537 g/mol. The van der Waals surface area contributed by atoms with Gasteiger partial charge in [0.1, 0.15) is 10.6 Å². The number of H-pyrrole nitrogens is 1. The minimum absolute atomic E-state index is 0.0448. The van der Waals surface area contributed by atoms with E-state index < -0.39 is 16.1 Å². The van der Waals surface area contributed by atoms with E-state index in [0.29, 0.717) is 11.0 Å². The molecule has 0 atom stereocenters. The highest BCUT2D eigenvalue weighted by Gasteiger charge is 2.17. The van der Waals surface area contributed by atoms with Gasteiger partial charge < -0.3 is 24.7 Å². The van der Waals surface area contributed by atoms with Gasteiger partial charge in [-0.3, -0.25) is 10.3 Å². The molecule has 0 aliphatic rings. The van der Waals surface area contributed by atoms with Gasteiger partial charge in [0.05, 0.1) is 23.3 Å². The van der Waals surface area contributed by atoms with Crippen LogP contribution in [0.2, 0.25) is 0 Å². The zero-order chi connectivity index (χ0) is 27.0. The van der Waals surface area contributed by atoms with Crippen LogP contribution < -0.4 is 20.1 Å². The van der Waals surface area contributed by atoms with Gasteiger partial charge in [0, 0.05) is 31.0 Å². The van der Waals surface area contributed by atoms with Crippen molar-refractivity contribution < 1.29 is 17.4 Å². The second-order valence-electron chi connectivity index (χ2n) is 8.41. The molecule has 0 saturated heterocycles. The number of rotatable bonds is 12. The number of carbonyl (C=O) groups is 1. The van der Waals surface area contributed by atoms with Gasteiger partial charge in [-0.2, -0.15) is 8.42 Å². The van der Waals surface area contributed by atoms with Gasteiger partial charge in [0.25, 0.3) is 0 Å². The summed E-state index contributed by atoms with van der Waals surface area (Å²) in [5, 5.41) is 8.61. The normalized spacial score (nSPS) is 11.4. The van der Waals surface area contributed by atoms with Gasteiger partial charge in [-0.25, -0.2) is 9.78 Å². The standard InChI is InChI=1S/C26H31N7O4S/c1-3-33(4-2)16-15-28-19-8-11-22(12-9-19)38(35,36)37-21-10-13-23-24(17-21)31-25(30-23)32-26(34)29-18-20-7-5-6-14-27-20/h5-14,17,28H,3-4,15-16,18H2,1-2H3,(H3,29,30,31,32,34). The van der Waals surface area contributed by atoms with E-state index in [-0.39, 0.29) is 23.1 Å². The highest BCUT2D eigenvalue weighted by Crippen LogP contribution is 2.24. The van der Waals surface area contributed by atoms with Crippen molar-refractivity contribution in [3.63, 3.8) is 0 Å². The van der Waals surface area contributed by atoms with Crippen LogP contribution in [0.1, 0.15) is 19.5 Å². The Bertz CT molecular complexity index is 1450. The molecule has 11 nitrogen and oxygen atoms in total. The van der Waals surface area contributed by atoms with Crippen LogP contribution in [0.4, 0.5) is 16.4 Å². The van der Waals surface area contributed by atoms with Crippen LogP contribution in [0, 0.1) is 0 Å². The first-order valence-electron chi connectivity index (χ1n) is 12.3. The Kier molecular flexibility index (Phi) is 8.77. The summed E-state index contributed by atoms with van der Waals surface area (Å²) in [6, 6.07) is 16.1. The second-order valence-corrected chi connectivity index (χ2v) is 9.95. The number of likely N-dealkylation sites (N-methyl/N-ethyl adjacent to an activating group) is 1. The Morgan fingerprint density at radius 3 is 2.55 bits per heavy atom. The number of amides is 2. The average Bonchev–Trinajstić information content (AvgIpc) is 3.32. The van der Waals surface area contributed by atoms with E-state index in [2.05, 4.69) is 49.6 Å². The molecule has 12 heteroatoms. The number of nitrogens with zero attached hydrogens (tertiary/aromatic N) is 3. The number of urea groups is 1. The van der Waals surface area contributed by atoms with Crippen molar-refractivity contribution in [1.82, 2.24) is 25.2 Å². The third kappa shape index (κ3) is 7.20. The first-order valence-corrected chi connectivity index (χ1v) is 13.7. The number of hydrogen-bond acceptors (Lipinski definition) is 8. The van der Waals surface area contributed by atoms with Gasteiger partial charge in [-0.15, -0.1) is 0 Å². The molecule has 0 saturated carbocycles. The lowest BCUT2D eigenvalue weighted by Gasteiger charge is -2.18. The van der Waals surface area contributed by atoms with Crippen molar-refractivity contribution in [3.05, 3.63) is 72.6 Å². The minimum Gasteiger partial charge on any atom is -0.384 e. The third-order valence-electron chi connectivity index (χ3n) is 5.84. The molecule has 4 rings (SSSR count). The van der Waals surface area contributed by atoms with E-state index in [4.69, 9.17) is 4.18 Å². The number of carbonyl (C=O) groups excluding carboxylic acids is 1. The van der Waals surface area contributed by atoms with Crippen LogP contribution in [-0.4, -0.2) is 60.5 Å². The van der Waals surface area contributed by atoms with Crippen molar-refractivity contribution in [2.75, 3.05) is 36.8 Å². The average molecular weight is 538 g/mol. The lowest BCUT2D eigenvalue weighted by molar-refractivity contribution is 0.251. The second kappa shape index (κ2) is 12.4. The summed E-state index contributed by atoms with van der Waals surface area (Å²) in [5.74, 6) is 0.330. The molecule has 4 aromatic rings. The number of nitrogens with one attached hydrogen (secondary N) is 4. The third-order valence-corrected chi connectivity index (χ3v) is 7.10. The Morgan fingerprint density at radius 1 is 1.05 bits per heavy atom. The van der Waals surface area contributed by atoms with Crippen LogP contribution in [0.15, 0.2) is 71.8 Å². The highest BCUT2D eigenvalue weighted by molar-refractivity contribution is 7.87. The summed E-state index contributed by atoms with van der Waals surface area (Å²) in [5.41, 5.74) is 2.59. The van der Waals surface area contributed by atoms with Crippen molar-refractivity contribution in [2.45, 2.75) is 25.3 Å². The van der Waals surface area contributed by atoms with Gasteiger partial charge >= 0.3 is 16.1 Å². The number of fused-ring (bicyclic) bond motifs is 1. The number of imidazole rings is 1. The Hall–Kier alpha value is -4.16. The van der Waals surface area contributed by atoms with E-state index >= 15 is 0 Å². The topological polar surface area (TPSA) is 141 Å². The number of aromatic amines is 1. The number of benzene rings is 2. The summed E-state index contributed by atoms with van der Waals surface area (Å²) in [7, 11) is -4.04. The fourth-order valence-corrected chi connectivity index (χ4v) is 4.66. The fourth-order valence-electron chi connectivity index (χ4n) is 3.74. The first kappa shape index (κ1) is 26.9. The SMILES string of the molecule is CCN(CC)CCNc1ccc(S(=O)(=O)Oc2ccc3nc(NC(=O)NCc4ccccn4)[nH]c3c2)cc1. The molecule has 38 heavy (non-hydrogen) atoms. The molecule has 2 heterocycles. The highest BCUT2D eigenvalue weighted by atomic mass is 32.2. The molecule has 0 aliphatic heterocycles. The molecule has 200 valence electrons. The molecule has 2 aromatic heterocycles. The Balaban J connectivity index is 1.35. The minimum atomic E-state index is -4.04. The molecule has 0 aliphatic carbocycles. The molecule has 2 amide bonds.